The Balaban J connectivity index is 1.59. The number of fused-ring (bicyclic) bond motifs is 1. The van der Waals surface area contributed by atoms with Gasteiger partial charge < -0.3 is 0 Å². The fourth-order valence-corrected chi connectivity index (χ4v) is 4.33. The van der Waals surface area contributed by atoms with E-state index in [9.17, 15) is 0 Å². The number of benzene rings is 3. The molecular weight excluding hydrogens is 364 g/mol. The summed E-state index contributed by atoms with van der Waals surface area (Å²) < 4.78 is 2.01. The van der Waals surface area contributed by atoms with Crippen LogP contribution in [0.25, 0.3) is 22.3 Å². The Morgan fingerprint density at radius 3 is 2.36 bits per heavy atom. The molecule has 3 aromatic carbocycles. The molecule has 5 rings (SSSR count). The summed E-state index contributed by atoms with van der Waals surface area (Å²) in [6, 6.07) is 28.9. The third-order valence-corrected chi connectivity index (χ3v) is 5.77. The summed E-state index contributed by atoms with van der Waals surface area (Å²) in [5.74, 6) is 0. The van der Waals surface area contributed by atoms with E-state index in [-0.39, 0.29) is 6.04 Å². The first kappa shape index (κ1) is 16.8. The van der Waals surface area contributed by atoms with E-state index < -0.39 is 0 Å². The van der Waals surface area contributed by atoms with Gasteiger partial charge in [-0.15, -0.1) is 16.4 Å². The topological polar surface area (TPSA) is 43.6 Å². The zero-order chi connectivity index (χ0) is 18.8. The van der Waals surface area contributed by atoms with E-state index in [1.165, 1.54) is 5.56 Å². The molecule has 0 aliphatic carbocycles. The average molecular weight is 382 g/mol. The van der Waals surface area contributed by atoms with Crippen molar-refractivity contribution in [2.45, 2.75) is 12.5 Å². The van der Waals surface area contributed by atoms with Crippen LogP contribution in [0.5, 0.6) is 0 Å². The van der Waals surface area contributed by atoms with Gasteiger partial charge in [-0.1, -0.05) is 78.0 Å². The molecule has 2 heterocycles. The highest BCUT2D eigenvalue weighted by molar-refractivity contribution is 7.10. The van der Waals surface area contributed by atoms with Crippen LogP contribution in [0.15, 0.2) is 90.3 Å². The van der Waals surface area contributed by atoms with Crippen LogP contribution in [-0.4, -0.2) is 20.0 Å². The van der Waals surface area contributed by atoms with Gasteiger partial charge in [0, 0.05) is 17.4 Å². The molecule has 5 heteroatoms. The van der Waals surface area contributed by atoms with Crippen LogP contribution in [0.3, 0.4) is 0 Å². The highest BCUT2D eigenvalue weighted by Crippen LogP contribution is 2.31. The van der Waals surface area contributed by atoms with Crippen molar-refractivity contribution in [3.63, 3.8) is 0 Å². The van der Waals surface area contributed by atoms with Gasteiger partial charge in [-0.2, -0.15) is 0 Å². The van der Waals surface area contributed by atoms with E-state index in [1.807, 2.05) is 47.1 Å². The summed E-state index contributed by atoms with van der Waals surface area (Å²) in [6.07, 6.45) is 0.815. The normalized spacial score (nSPS) is 12.3. The molecule has 0 N–H and O–H groups in total. The number of aromatic nitrogens is 4. The van der Waals surface area contributed by atoms with Crippen molar-refractivity contribution in [3.8, 4) is 11.3 Å². The molecule has 0 saturated carbocycles. The van der Waals surface area contributed by atoms with E-state index in [4.69, 9.17) is 4.98 Å². The molecule has 0 bridgehead atoms. The second kappa shape index (κ2) is 7.37. The molecule has 0 amide bonds. The molecular formula is C23H18N4S. The quantitative estimate of drug-likeness (QED) is 0.409. The number of hydrogen-bond donors (Lipinski definition) is 0. The molecule has 0 aliphatic rings. The van der Waals surface area contributed by atoms with Crippen LogP contribution in [-0.2, 0) is 6.42 Å². The van der Waals surface area contributed by atoms with Crippen LogP contribution in [0, 0.1) is 0 Å². The molecule has 0 radical (unpaired) electrons. The SMILES string of the molecule is c1ccc(CC(c2nc(-c3ccccc3)cs2)n2nnc3ccccc32)cc1. The average Bonchev–Trinajstić information content (AvgIpc) is 3.41. The van der Waals surface area contributed by atoms with Gasteiger partial charge in [0.05, 0.1) is 11.2 Å². The lowest BCUT2D eigenvalue weighted by Crippen LogP contribution is -2.15. The summed E-state index contributed by atoms with van der Waals surface area (Å²) >= 11 is 1.68. The summed E-state index contributed by atoms with van der Waals surface area (Å²) in [6.45, 7) is 0. The Hall–Kier alpha value is -3.31. The number of rotatable bonds is 5. The maximum Gasteiger partial charge on any atom is 0.118 e. The molecule has 0 spiro atoms. The molecule has 0 fully saturated rings. The lowest BCUT2D eigenvalue weighted by Gasteiger charge is -2.16. The summed E-state index contributed by atoms with van der Waals surface area (Å²) in [4.78, 5) is 4.97. The van der Waals surface area contributed by atoms with Crippen molar-refractivity contribution >= 4 is 22.4 Å². The molecule has 2 aromatic heterocycles. The first-order valence-electron chi connectivity index (χ1n) is 9.23. The van der Waals surface area contributed by atoms with Crippen LogP contribution in [0.1, 0.15) is 16.6 Å². The molecule has 1 unspecified atom stereocenters. The van der Waals surface area contributed by atoms with Gasteiger partial charge in [-0.25, -0.2) is 9.67 Å². The van der Waals surface area contributed by atoms with Crippen molar-refractivity contribution in [3.05, 3.63) is 101 Å². The standard InChI is InChI=1S/C23H18N4S/c1-3-9-17(10-4-1)15-22(27-21-14-8-7-13-19(21)25-26-27)23-24-20(16-28-23)18-11-5-2-6-12-18/h1-14,16,22H,15H2. The molecule has 28 heavy (non-hydrogen) atoms. The zero-order valence-corrected chi connectivity index (χ0v) is 16.0. The third-order valence-electron chi connectivity index (χ3n) is 4.82. The monoisotopic (exact) mass is 382 g/mol. The van der Waals surface area contributed by atoms with Gasteiger partial charge in [0.15, 0.2) is 0 Å². The van der Waals surface area contributed by atoms with Gasteiger partial charge in [-0.05, 0) is 17.7 Å². The molecule has 4 nitrogen and oxygen atoms in total. The van der Waals surface area contributed by atoms with Gasteiger partial charge in [0.1, 0.15) is 16.6 Å². The number of hydrogen-bond acceptors (Lipinski definition) is 4. The Morgan fingerprint density at radius 1 is 0.821 bits per heavy atom. The van der Waals surface area contributed by atoms with Crippen molar-refractivity contribution in [1.82, 2.24) is 20.0 Å². The predicted octanol–water partition coefficient (Wildman–Crippen LogP) is 5.39. The molecule has 5 aromatic rings. The van der Waals surface area contributed by atoms with Crippen molar-refractivity contribution in [2.75, 3.05) is 0 Å². The maximum absolute atomic E-state index is 4.97. The fourth-order valence-electron chi connectivity index (χ4n) is 3.42. The van der Waals surface area contributed by atoms with E-state index >= 15 is 0 Å². The van der Waals surface area contributed by atoms with Gasteiger partial charge in [0.25, 0.3) is 0 Å². The minimum absolute atomic E-state index is 0.00253. The fraction of sp³-hybridized carbons (Fsp3) is 0.0870. The summed E-state index contributed by atoms with van der Waals surface area (Å²) in [5.41, 5.74) is 5.32. The van der Waals surface area contributed by atoms with Crippen LogP contribution < -0.4 is 0 Å². The zero-order valence-electron chi connectivity index (χ0n) is 15.1. The minimum atomic E-state index is -0.00253. The van der Waals surface area contributed by atoms with Crippen LogP contribution in [0.4, 0.5) is 0 Å². The molecule has 0 saturated heterocycles. The van der Waals surface area contributed by atoms with Gasteiger partial charge in [-0.3, -0.25) is 0 Å². The Labute approximate surface area is 167 Å². The first-order chi connectivity index (χ1) is 13.9. The largest absolute Gasteiger partial charge is 0.239 e. The van der Waals surface area contributed by atoms with Gasteiger partial charge >= 0.3 is 0 Å². The van der Waals surface area contributed by atoms with Gasteiger partial charge in [0.2, 0.25) is 0 Å². The van der Waals surface area contributed by atoms with Crippen LogP contribution >= 0.6 is 11.3 Å². The Bertz CT molecular complexity index is 1200. The van der Waals surface area contributed by atoms with Crippen LogP contribution in [0.2, 0.25) is 0 Å². The van der Waals surface area contributed by atoms with E-state index in [0.29, 0.717) is 0 Å². The van der Waals surface area contributed by atoms with Crippen molar-refractivity contribution in [1.29, 1.82) is 0 Å². The second-order valence-corrected chi connectivity index (χ2v) is 7.55. The van der Waals surface area contributed by atoms with E-state index in [1.54, 1.807) is 11.3 Å². The predicted molar refractivity (Wildman–Crippen MR) is 113 cm³/mol. The number of para-hydroxylation sites is 1. The highest BCUT2D eigenvalue weighted by Gasteiger charge is 2.22. The maximum atomic E-state index is 4.97. The Kier molecular flexibility index (Phi) is 4.43. The number of thiazole rings is 1. The summed E-state index contributed by atoms with van der Waals surface area (Å²) in [7, 11) is 0. The molecule has 1 atom stereocenters. The minimum Gasteiger partial charge on any atom is -0.239 e. The summed E-state index contributed by atoms with van der Waals surface area (Å²) in [5, 5.41) is 12.0. The second-order valence-electron chi connectivity index (χ2n) is 6.67. The van der Waals surface area contributed by atoms with E-state index in [0.717, 1.165) is 33.7 Å². The third kappa shape index (κ3) is 3.21. The smallest absolute Gasteiger partial charge is 0.118 e. The van der Waals surface area contributed by atoms with Crippen molar-refractivity contribution < 1.29 is 0 Å². The molecule has 136 valence electrons. The lowest BCUT2D eigenvalue weighted by molar-refractivity contribution is 0.516. The number of nitrogens with zero attached hydrogens (tertiary/aromatic N) is 4. The Morgan fingerprint density at radius 2 is 1.54 bits per heavy atom. The lowest BCUT2D eigenvalue weighted by atomic mass is 10.1. The van der Waals surface area contributed by atoms with E-state index in [2.05, 4.69) is 58.2 Å². The van der Waals surface area contributed by atoms with Crippen molar-refractivity contribution in [2.24, 2.45) is 0 Å². The molecule has 0 aliphatic heterocycles. The highest BCUT2D eigenvalue weighted by atomic mass is 32.1. The first-order valence-corrected chi connectivity index (χ1v) is 10.1.